The highest BCUT2D eigenvalue weighted by Gasteiger charge is 2.09. The molecule has 22 heavy (non-hydrogen) atoms. The van der Waals surface area contributed by atoms with Gasteiger partial charge in [-0.2, -0.15) is 5.10 Å². The van der Waals surface area contributed by atoms with E-state index in [0.29, 0.717) is 11.8 Å². The zero-order valence-electron chi connectivity index (χ0n) is 12.1. The second-order valence-electron chi connectivity index (χ2n) is 5.01. The Bertz CT molecular complexity index is 858. The Morgan fingerprint density at radius 2 is 1.82 bits per heavy atom. The van der Waals surface area contributed by atoms with E-state index < -0.39 is 0 Å². The summed E-state index contributed by atoms with van der Waals surface area (Å²) in [5.74, 6) is 0. The number of nitrogens with zero attached hydrogens (tertiary/aromatic N) is 2. The third kappa shape index (κ3) is 2.84. The summed E-state index contributed by atoms with van der Waals surface area (Å²) in [7, 11) is 1.68. The normalized spacial score (nSPS) is 10.8. The van der Waals surface area contributed by atoms with Crippen LogP contribution >= 0.6 is 12.1 Å². The lowest BCUT2D eigenvalue weighted by atomic mass is 10.0. The summed E-state index contributed by atoms with van der Waals surface area (Å²) in [4.78, 5) is 12.1. The predicted octanol–water partition coefficient (Wildman–Crippen LogP) is 2.46. The van der Waals surface area contributed by atoms with Crippen LogP contribution < -0.4 is 15.4 Å². The Morgan fingerprint density at radius 1 is 1.14 bits per heavy atom. The molecule has 2 aromatic carbocycles. The smallest absolute Gasteiger partial charge is 0.274 e. The lowest BCUT2D eigenvalue weighted by Crippen LogP contribution is -2.21. The molecule has 3 aromatic rings. The van der Waals surface area contributed by atoms with E-state index in [9.17, 15) is 4.79 Å². The third-order valence-corrected chi connectivity index (χ3v) is 3.89. The van der Waals surface area contributed by atoms with Crippen molar-refractivity contribution in [2.45, 2.75) is 6.42 Å². The fourth-order valence-corrected chi connectivity index (χ4v) is 2.73. The summed E-state index contributed by atoms with van der Waals surface area (Å²) in [6.07, 6.45) is 0.671. The number of hydrogen-bond donors (Lipinski definition) is 2. The second-order valence-corrected chi connectivity index (χ2v) is 5.45. The molecule has 0 aliphatic heterocycles. The van der Waals surface area contributed by atoms with E-state index in [1.54, 1.807) is 7.05 Å². The maximum absolute atomic E-state index is 12.1. The Balaban J connectivity index is 2.00. The first-order valence-electron chi connectivity index (χ1n) is 6.84. The van der Waals surface area contributed by atoms with E-state index in [0.717, 1.165) is 34.5 Å². The predicted molar refractivity (Wildman–Crippen MR) is 91.6 cm³/mol. The number of anilines is 1. The van der Waals surface area contributed by atoms with Crippen LogP contribution in [0.4, 0.5) is 5.69 Å². The maximum Gasteiger partial charge on any atom is 0.274 e. The fourth-order valence-electron chi connectivity index (χ4n) is 2.46. The molecule has 3 rings (SSSR count). The highest BCUT2D eigenvalue weighted by Crippen LogP contribution is 2.18. The van der Waals surface area contributed by atoms with E-state index in [1.165, 1.54) is 4.68 Å². The van der Waals surface area contributed by atoms with Gasteiger partial charge in [-0.15, -0.1) is 0 Å². The van der Waals surface area contributed by atoms with Crippen LogP contribution in [0.2, 0.25) is 0 Å². The van der Waals surface area contributed by atoms with Gasteiger partial charge in [0, 0.05) is 36.7 Å². The molecule has 0 unspecified atom stereocenters. The van der Waals surface area contributed by atoms with Crippen LogP contribution in [0.15, 0.2) is 53.3 Å². The zero-order chi connectivity index (χ0) is 15.5. The molecule has 0 bridgehead atoms. The van der Waals surface area contributed by atoms with E-state index in [1.807, 2.05) is 48.5 Å². The third-order valence-electron chi connectivity index (χ3n) is 3.54. The standard InChI is InChI=1S/C16H16N4OS/c1-20-16(21)14-5-3-2-4-13(14)15(18-20)10-11-6-8-12(9-7-11)19-22-17/h2-9,19H,10,17H2,1H3. The van der Waals surface area contributed by atoms with Crippen molar-refractivity contribution < 1.29 is 0 Å². The van der Waals surface area contributed by atoms with Crippen LogP contribution in [-0.4, -0.2) is 9.78 Å². The summed E-state index contributed by atoms with van der Waals surface area (Å²) < 4.78 is 4.38. The number of nitrogens with one attached hydrogen (secondary N) is 1. The van der Waals surface area contributed by atoms with Gasteiger partial charge < -0.3 is 4.72 Å². The van der Waals surface area contributed by atoms with Crippen LogP contribution in [0, 0.1) is 0 Å². The highest BCUT2D eigenvalue weighted by atomic mass is 32.2. The number of nitrogens with two attached hydrogens (primary N) is 1. The molecule has 0 fully saturated rings. The van der Waals surface area contributed by atoms with Crippen LogP contribution in [0.3, 0.4) is 0 Å². The minimum Gasteiger partial charge on any atom is -0.317 e. The molecule has 0 spiro atoms. The first-order chi connectivity index (χ1) is 10.7. The van der Waals surface area contributed by atoms with Gasteiger partial charge >= 0.3 is 0 Å². The lowest BCUT2D eigenvalue weighted by Gasteiger charge is -2.09. The number of fused-ring (bicyclic) bond motifs is 1. The molecular weight excluding hydrogens is 296 g/mol. The van der Waals surface area contributed by atoms with Gasteiger partial charge in [-0.3, -0.25) is 9.93 Å². The summed E-state index contributed by atoms with van der Waals surface area (Å²) in [5, 5.41) is 11.4. The van der Waals surface area contributed by atoms with Gasteiger partial charge in [0.15, 0.2) is 0 Å². The Labute approximate surface area is 132 Å². The summed E-state index contributed by atoms with van der Waals surface area (Å²) in [5.41, 5.74) is 2.91. The Morgan fingerprint density at radius 3 is 2.50 bits per heavy atom. The number of hydrogen-bond acceptors (Lipinski definition) is 5. The van der Waals surface area contributed by atoms with Gasteiger partial charge in [-0.1, -0.05) is 30.3 Å². The van der Waals surface area contributed by atoms with Crippen molar-refractivity contribution in [3.8, 4) is 0 Å². The second kappa shape index (κ2) is 6.21. The van der Waals surface area contributed by atoms with Crippen LogP contribution in [0.5, 0.6) is 0 Å². The molecule has 0 saturated carbocycles. The average molecular weight is 312 g/mol. The molecule has 6 heteroatoms. The molecule has 0 radical (unpaired) electrons. The van der Waals surface area contributed by atoms with Crippen molar-refractivity contribution in [1.29, 1.82) is 0 Å². The number of aryl methyl sites for hydroxylation is 1. The van der Waals surface area contributed by atoms with Gasteiger partial charge in [-0.05, 0) is 23.8 Å². The quantitative estimate of drug-likeness (QED) is 0.724. The van der Waals surface area contributed by atoms with Crippen molar-refractivity contribution >= 4 is 28.6 Å². The van der Waals surface area contributed by atoms with E-state index >= 15 is 0 Å². The number of aromatic nitrogens is 2. The van der Waals surface area contributed by atoms with Crippen molar-refractivity contribution in [2.75, 3.05) is 4.72 Å². The lowest BCUT2D eigenvalue weighted by molar-refractivity contribution is 0.697. The Kier molecular flexibility index (Phi) is 4.13. The highest BCUT2D eigenvalue weighted by molar-refractivity contribution is 7.98. The monoisotopic (exact) mass is 312 g/mol. The molecule has 3 N–H and O–H groups in total. The number of benzene rings is 2. The molecule has 0 aliphatic carbocycles. The van der Waals surface area contributed by atoms with Gasteiger partial charge in [0.25, 0.3) is 5.56 Å². The summed E-state index contributed by atoms with van der Waals surface area (Å²) >= 11 is 1.07. The average Bonchev–Trinajstić information content (AvgIpc) is 2.54. The molecule has 5 nitrogen and oxygen atoms in total. The summed E-state index contributed by atoms with van der Waals surface area (Å²) in [6.45, 7) is 0. The molecule has 0 amide bonds. The first-order valence-corrected chi connectivity index (χ1v) is 7.72. The largest absolute Gasteiger partial charge is 0.317 e. The molecule has 0 atom stereocenters. The SMILES string of the molecule is Cn1nc(Cc2ccc(NSN)cc2)c2ccccc2c1=O. The fraction of sp³-hybridized carbons (Fsp3) is 0.125. The van der Waals surface area contributed by atoms with Gasteiger partial charge in [-0.25, -0.2) is 4.68 Å². The van der Waals surface area contributed by atoms with Gasteiger partial charge in [0.1, 0.15) is 0 Å². The molecule has 112 valence electrons. The van der Waals surface area contributed by atoms with Crippen molar-refractivity contribution in [1.82, 2.24) is 9.78 Å². The Hall–Kier alpha value is -2.31. The summed E-state index contributed by atoms with van der Waals surface area (Å²) in [6, 6.07) is 15.6. The minimum absolute atomic E-state index is 0.0705. The minimum atomic E-state index is -0.0705. The topological polar surface area (TPSA) is 72.9 Å². The molecule has 0 saturated heterocycles. The van der Waals surface area contributed by atoms with E-state index in [-0.39, 0.29) is 5.56 Å². The van der Waals surface area contributed by atoms with Gasteiger partial charge in [0.2, 0.25) is 0 Å². The molecule has 1 aromatic heterocycles. The van der Waals surface area contributed by atoms with E-state index in [2.05, 4.69) is 9.82 Å². The van der Waals surface area contributed by atoms with Crippen molar-refractivity contribution in [2.24, 2.45) is 12.2 Å². The van der Waals surface area contributed by atoms with Crippen molar-refractivity contribution in [3.05, 3.63) is 70.1 Å². The maximum atomic E-state index is 12.1. The molecule has 1 heterocycles. The van der Waals surface area contributed by atoms with Crippen molar-refractivity contribution in [3.63, 3.8) is 0 Å². The number of rotatable bonds is 4. The van der Waals surface area contributed by atoms with Crippen LogP contribution in [0.1, 0.15) is 11.3 Å². The molecule has 0 aliphatic rings. The zero-order valence-corrected chi connectivity index (χ0v) is 12.9. The van der Waals surface area contributed by atoms with E-state index in [4.69, 9.17) is 5.14 Å². The molecular formula is C16H16N4OS. The first kappa shape index (κ1) is 14.6. The van der Waals surface area contributed by atoms with Crippen LogP contribution in [0.25, 0.3) is 10.8 Å². The van der Waals surface area contributed by atoms with Gasteiger partial charge in [0.05, 0.1) is 11.1 Å². The van der Waals surface area contributed by atoms with Crippen LogP contribution in [-0.2, 0) is 13.5 Å².